The summed E-state index contributed by atoms with van der Waals surface area (Å²) in [6.07, 6.45) is 0. The topological polar surface area (TPSA) is 69.4 Å². The van der Waals surface area contributed by atoms with Gasteiger partial charge in [0.2, 0.25) is 5.75 Å². The zero-order valence-corrected chi connectivity index (χ0v) is 11.4. The molecule has 0 aliphatic carbocycles. The quantitative estimate of drug-likeness (QED) is 0.484. The van der Waals surface area contributed by atoms with E-state index >= 15 is 0 Å². The summed E-state index contributed by atoms with van der Waals surface area (Å²) >= 11 is 0. The summed E-state index contributed by atoms with van der Waals surface area (Å²) in [7, 11) is 0. The number of rotatable bonds is 4. The molecule has 2 aromatic carbocycles. The molecule has 5 nitrogen and oxygen atoms in total. The number of hydrogen-bond acceptors (Lipinski definition) is 4. The minimum Gasteiger partial charge on any atom is -0.449 e. The van der Waals surface area contributed by atoms with Gasteiger partial charge in [-0.05, 0) is 31.5 Å². The van der Waals surface area contributed by atoms with Crippen molar-refractivity contribution in [1.82, 2.24) is 0 Å². The van der Waals surface area contributed by atoms with Gasteiger partial charge in [-0.1, -0.05) is 18.2 Å². The van der Waals surface area contributed by atoms with E-state index in [9.17, 15) is 19.3 Å². The minimum absolute atomic E-state index is 0.00407. The van der Waals surface area contributed by atoms with E-state index in [-0.39, 0.29) is 22.7 Å². The lowest BCUT2D eigenvalue weighted by Crippen LogP contribution is -2.02. The number of ketones is 1. The molecule has 6 heteroatoms. The van der Waals surface area contributed by atoms with Crippen LogP contribution in [0.15, 0.2) is 36.4 Å². The van der Waals surface area contributed by atoms with Crippen molar-refractivity contribution in [3.8, 4) is 11.5 Å². The monoisotopic (exact) mass is 289 g/mol. The van der Waals surface area contributed by atoms with Crippen LogP contribution in [0.2, 0.25) is 0 Å². The zero-order valence-electron chi connectivity index (χ0n) is 11.4. The maximum Gasteiger partial charge on any atom is 0.311 e. The molecule has 0 radical (unpaired) electrons. The van der Waals surface area contributed by atoms with Crippen LogP contribution in [0.1, 0.15) is 22.8 Å². The van der Waals surface area contributed by atoms with Crippen molar-refractivity contribution in [3.05, 3.63) is 63.5 Å². The van der Waals surface area contributed by atoms with Crippen LogP contribution in [0.5, 0.6) is 11.5 Å². The summed E-state index contributed by atoms with van der Waals surface area (Å²) in [6.45, 7) is 2.84. The van der Waals surface area contributed by atoms with E-state index in [1.807, 2.05) is 0 Å². The molecular weight excluding hydrogens is 277 g/mol. The van der Waals surface area contributed by atoms with Gasteiger partial charge in [0, 0.05) is 6.07 Å². The first-order valence-corrected chi connectivity index (χ1v) is 6.13. The highest BCUT2D eigenvalue weighted by Crippen LogP contribution is 2.36. The van der Waals surface area contributed by atoms with Crippen LogP contribution < -0.4 is 4.74 Å². The van der Waals surface area contributed by atoms with E-state index in [1.165, 1.54) is 31.2 Å². The number of Topliss-reactive ketones (excluding diaryl/α,β-unsaturated/α-hetero) is 1. The van der Waals surface area contributed by atoms with Gasteiger partial charge in [0.15, 0.2) is 5.78 Å². The van der Waals surface area contributed by atoms with E-state index in [2.05, 4.69) is 0 Å². The highest BCUT2D eigenvalue weighted by molar-refractivity contribution is 5.97. The maximum atomic E-state index is 13.7. The fraction of sp³-hybridized carbons (Fsp3) is 0.133. The summed E-state index contributed by atoms with van der Waals surface area (Å²) < 4.78 is 19.2. The fourth-order valence-electron chi connectivity index (χ4n) is 1.95. The zero-order chi connectivity index (χ0) is 15.6. The molecule has 21 heavy (non-hydrogen) atoms. The van der Waals surface area contributed by atoms with Gasteiger partial charge in [-0.15, -0.1) is 0 Å². The Balaban J connectivity index is 2.56. The first-order valence-electron chi connectivity index (χ1n) is 6.13. The number of ether oxygens (including phenoxy) is 1. The van der Waals surface area contributed by atoms with Gasteiger partial charge in [0.25, 0.3) is 0 Å². The van der Waals surface area contributed by atoms with E-state index in [0.29, 0.717) is 5.56 Å². The molecule has 0 aliphatic rings. The normalized spacial score (nSPS) is 10.2. The Hall–Kier alpha value is -2.76. The Morgan fingerprint density at radius 3 is 2.52 bits per heavy atom. The highest BCUT2D eigenvalue weighted by Gasteiger charge is 2.21. The SMILES string of the molecule is CC(=O)c1c(F)cccc1Oc1c(C)cccc1[N+](=O)[O-]. The van der Waals surface area contributed by atoms with Crippen molar-refractivity contribution in [2.24, 2.45) is 0 Å². The molecule has 0 saturated carbocycles. The van der Waals surface area contributed by atoms with Crippen molar-refractivity contribution < 1.29 is 18.8 Å². The molecule has 0 N–H and O–H groups in total. The summed E-state index contributed by atoms with van der Waals surface area (Å²) in [4.78, 5) is 22.0. The van der Waals surface area contributed by atoms with Crippen molar-refractivity contribution in [3.63, 3.8) is 0 Å². The van der Waals surface area contributed by atoms with Gasteiger partial charge in [-0.25, -0.2) is 4.39 Å². The van der Waals surface area contributed by atoms with Crippen molar-refractivity contribution in [1.29, 1.82) is 0 Å². The third kappa shape index (κ3) is 2.89. The Kier molecular flexibility index (Phi) is 3.98. The molecule has 0 aromatic heterocycles. The van der Waals surface area contributed by atoms with Gasteiger partial charge in [0.05, 0.1) is 10.5 Å². The molecule has 0 saturated heterocycles. The number of hydrogen-bond donors (Lipinski definition) is 0. The average molecular weight is 289 g/mol. The third-order valence-corrected chi connectivity index (χ3v) is 2.93. The second-order valence-corrected chi connectivity index (χ2v) is 4.45. The van der Waals surface area contributed by atoms with Gasteiger partial charge >= 0.3 is 5.69 Å². The molecule has 2 aromatic rings. The van der Waals surface area contributed by atoms with E-state index in [4.69, 9.17) is 4.74 Å². The lowest BCUT2D eigenvalue weighted by molar-refractivity contribution is -0.385. The number of nitro groups is 1. The van der Waals surface area contributed by atoms with Crippen molar-refractivity contribution >= 4 is 11.5 Å². The lowest BCUT2D eigenvalue weighted by atomic mass is 10.1. The van der Waals surface area contributed by atoms with E-state index in [0.717, 1.165) is 6.07 Å². The molecule has 2 rings (SSSR count). The number of carbonyl (C=O) groups is 1. The largest absolute Gasteiger partial charge is 0.449 e. The number of nitro benzene ring substituents is 1. The fourth-order valence-corrected chi connectivity index (χ4v) is 1.95. The molecule has 108 valence electrons. The number of benzene rings is 2. The van der Waals surface area contributed by atoms with Crippen LogP contribution in [-0.2, 0) is 0 Å². The van der Waals surface area contributed by atoms with E-state index < -0.39 is 16.5 Å². The Morgan fingerprint density at radius 1 is 1.24 bits per heavy atom. The van der Waals surface area contributed by atoms with Crippen LogP contribution >= 0.6 is 0 Å². The Morgan fingerprint density at radius 2 is 1.90 bits per heavy atom. The number of nitrogens with zero attached hydrogens (tertiary/aromatic N) is 1. The Bertz CT molecular complexity index is 728. The van der Waals surface area contributed by atoms with E-state index in [1.54, 1.807) is 13.0 Å². The number of aryl methyl sites for hydroxylation is 1. The molecule has 0 amide bonds. The molecule has 0 heterocycles. The van der Waals surface area contributed by atoms with Crippen LogP contribution in [-0.4, -0.2) is 10.7 Å². The predicted molar refractivity (Wildman–Crippen MR) is 74.3 cm³/mol. The van der Waals surface area contributed by atoms with Gasteiger partial charge in [-0.2, -0.15) is 0 Å². The molecule has 0 atom stereocenters. The number of para-hydroxylation sites is 1. The van der Waals surface area contributed by atoms with Gasteiger partial charge in [-0.3, -0.25) is 14.9 Å². The molecule has 0 bridgehead atoms. The maximum absolute atomic E-state index is 13.7. The van der Waals surface area contributed by atoms with Gasteiger partial charge < -0.3 is 4.74 Å². The van der Waals surface area contributed by atoms with Crippen LogP contribution in [0.3, 0.4) is 0 Å². The first-order chi connectivity index (χ1) is 9.91. The smallest absolute Gasteiger partial charge is 0.311 e. The van der Waals surface area contributed by atoms with Crippen molar-refractivity contribution in [2.45, 2.75) is 13.8 Å². The second kappa shape index (κ2) is 5.70. The number of halogens is 1. The highest BCUT2D eigenvalue weighted by atomic mass is 19.1. The third-order valence-electron chi connectivity index (χ3n) is 2.93. The molecule has 0 aliphatic heterocycles. The number of carbonyl (C=O) groups excluding carboxylic acids is 1. The first kappa shape index (κ1) is 14.6. The molecule has 0 fully saturated rings. The summed E-state index contributed by atoms with van der Waals surface area (Å²) in [6, 6.07) is 8.36. The molecular formula is C15H12FNO4. The molecule has 0 unspecified atom stereocenters. The predicted octanol–water partition coefficient (Wildman–Crippen LogP) is 4.04. The van der Waals surface area contributed by atoms with Crippen molar-refractivity contribution in [2.75, 3.05) is 0 Å². The lowest BCUT2D eigenvalue weighted by Gasteiger charge is -2.12. The second-order valence-electron chi connectivity index (χ2n) is 4.45. The summed E-state index contributed by atoms with van der Waals surface area (Å²) in [5.41, 5.74) is 0.0479. The summed E-state index contributed by atoms with van der Waals surface area (Å²) in [5.74, 6) is -1.29. The van der Waals surface area contributed by atoms with Crippen LogP contribution in [0.25, 0.3) is 0 Å². The van der Waals surface area contributed by atoms with Gasteiger partial charge in [0.1, 0.15) is 11.6 Å². The average Bonchev–Trinajstić information content (AvgIpc) is 2.40. The van der Waals surface area contributed by atoms with Crippen LogP contribution in [0, 0.1) is 22.9 Å². The van der Waals surface area contributed by atoms with Crippen LogP contribution in [0.4, 0.5) is 10.1 Å². The Labute approximate surface area is 120 Å². The summed E-state index contributed by atoms with van der Waals surface area (Å²) in [5, 5.41) is 11.0. The molecule has 0 spiro atoms. The standard InChI is InChI=1S/C15H12FNO4/c1-9-5-3-7-12(17(19)20)15(9)21-13-8-4-6-11(16)14(13)10(2)18/h3-8H,1-2H3. The minimum atomic E-state index is -0.726.